The van der Waals surface area contributed by atoms with E-state index in [1.54, 1.807) is 12.1 Å². The van der Waals surface area contributed by atoms with Crippen molar-refractivity contribution in [2.24, 2.45) is 11.3 Å². The number of hydrogen-bond acceptors (Lipinski definition) is 8. The second-order valence-electron chi connectivity index (χ2n) is 16.3. The normalized spacial score (nSPS) is 16.9. The minimum Gasteiger partial charge on any atom is -0.473 e. The minimum atomic E-state index is -0.554. The van der Waals surface area contributed by atoms with E-state index in [9.17, 15) is 4.79 Å². The first-order valence-electron chi connectivity index (χ1n) is 20.9. The number of anilines is 3. The summed E-state index contributed by atoms with van der Waals surface area (Å²) in [6.07, 6.45) is 7.02. The van der Waals surface area contributed by atoms with Gasteiger partial charge in [-0.3, -0.25) is 0 Å². The number of nitrogens with zero attached hydrogens (tertiary/aromatic N) is 3. The molecule has 3 fully saturated rings. The lowest BCUT2D eigenvalue weighted by Gasteiger charge is -2.52. The molecular weight excluding hydrogens is 749 g/mol. The van der Waals surface area contributed by atoms with Crippen LogP contribution in [0.3, 0.4) is 0 Å². The molecule has 3 heterocycles. The van der Waals surface area contributed by atoms with Gasteiger partial charge in [-0.05, 0) is 98.7 Å². The van der Waals surface area contributed by atoms with Crippen LogP contribution in [0.5, 0.6) is 11.8 Å². The number of carbonyl (C=O) groups is 1. The largest absolute Gasteiger partial charge is 0.473 e. The molecule has 11 heteroatoms. The number of alkyl carbamates (subject to hydrolysis) is 1. The number of rotatable bonds is 15. The molecule has 2 saturated heterocycles. The van der Waals surface area contributed by atoms with Crippen molar-refractivity contribution in [1.29, 1.82) is 0 Å². The van der Waals surface area contributed by atoms with Crippen molar-refractivity contribution >= 4 is 23.2 Å². The number of halogens is 2. The Hall–Kier alpha value is -5.68. The lowest BCUT2D eigenvalue weighted by Crippen LogP contribution is -2.55. The topological polar surface area (TPSA) is 88.2 Å². The number of benzene rings is 4. The number of aromatic nitrogens is 1. The third-order valence-electron chi connectivity index (χ3n) is 12.2. The van der Waals surface area contributed by atoms with E-state index in [2.05, 4.69) is 20.5 Å². The molecule has 0 bridgehead atoms. The van der Waals surface area contributed by atoms with Crippen LogP contribution in [0.4, 0.5) is 30.6 Å². The number of piperidine rings is 2. The van der Waals surface area contributed by atoms with Gasteiger partial charge in [-0.25, -0.2) is 13.6 Å². The van der Waals surface area contributed by atoms with E-state index < -0.39 is 11.6 Å². The van der Waals surface area contributed by atoms with Crippen LogP contribution in [0, 0.1) is 23.0 Å². The number of pyridine rings is 1. The third-order valence-corrected chi connectivity index (χ3v) is 12.2. The van der Waals surface area contributed by atoms with Crippen molar-refractivity contribution in [3.05, 3.63) is 144 Å². The van der Waals surface area contributed by atoms with Gasteiger partial charge in [-0.2, -0.15) is 4.98 Å². The SMILES string of the molecule is O=C(NC1CC2(CCN(CCC3CCN(c4cc(F)c(Nc5ccc(OCc6ccccc6)nc5OCc5ccccc5)cc4F)CC3)CC2)C1)OCc1ccccc1. The van der Waals surface area contributed by atoms with Gasteiger partial charge < -0.3 is 34.6 Å². The fourth-order valence-corrected chi connectivity index (χ4v) is 8.69. The Morgan fingerprint density at radius 2 is 1.32 bits per heavy atom. The molecule has 4 aromatic carbocycles. The Labute approximate surface area is 345 Å². The first-order chi connectivity index (χ1) is 28.9. The maximum absolute atomic E-state index is 15.7. The van der Waals surface area contributed by atoms with E-state index in [0.717, 1.165) is 81.3 Å². The lowest BCUT2D eigenvalue weighted by molar-refractivity contribution is 0.00375. The molecule has 0 radical (unpaired) electrons. The van der Waals surface area contributed by atoms with Gasteiger partial charge in [0.1, 0.15) is 37.1 Å². The molecule has 3 aliphatic rings. The van der Waals surface area contributed by atoms with Crippen LogP contribution in [0.2, 0.25) is 0 Å². The van der Waals surface area contributed by atoms with Gasteiger partial charge in [0.25, 0.3) is 0 Å². The molecule has 1 aromatic heterocycles. The number of likely N-dealkylation sites (tertiary alicyclic amines) is 1. The maximum Gasteiger partial charge on any atom is 0.407 e. The second kappa shape index (κ2) is 18.9. The summed E-state index contributed by atoms with van der Waals surface area (Å²) in [4.78, 5) is 21.4. The average Bonchev–Trinajstić information content (AvgIpc) is 3.26. The van der Waals surface area contributed by atoms with Gasteiger partial charge in [0.05, 0.1) is 11.4 Å². The summed E-state index contributed by atoms with van der Waals surface area (Å²) < 4.78 is 48.9. The van der Waals surface area contributed by atoms with E-state index >= 15 is 8.78 Å². The van der Waals surface area contributed by atoms with E-state index in [0.29, 0.717) is 42.6 Å². The monoisotopic (exact) mass is 801 g/mol. The molecule has 9 nitrogen and oxygen atoms in total. The summed E-state index contributed by atoms with van der Waals surface area (Å²) in [6.45, 7) is 5.45. The molecule has 8 rings (SSSR count). The van der Waals surface area contributed by atoms with Crippen LogP contribution in [-0.4, -0.2) is 54.7 Å². The molecule has 308 valence electrons. The number of carbonyl (C=O) groups excluding carboxylic acids is 1. The third kappa shape index (κ3) is 10.7. The number of nitrogens with one attached hydrogen (secondary N) is 2. The Morgan fingerprint density at radius 3 is 1.97 bits per heavy atom. The number of hydrogen-bond donors (Lipinski definition) is 2. The first-order valence-corrected chi connectivity index (χ1v) is 20.9. The lowest BCUT2D eigenvalue weighted by atomic mass is 9.60. The van der Waals surface area contributed by atoms with E-state index in [1.165, 1.54) is 12.1 Å². The molecule has 1 aliphatic carbocycles. The summed E-state index contributed by atoms with van der Waals surface area (Å²) in [5.41, 5.74) is 3.94. The van der Waals surface area contributed by atoms with E-state index in [1.807, 2.05) is 95.9 Å². The fourth-order valence-electron chi connectivity index (χ4n) is 8.69. The molecule has 2 N–H and O–H groups in total. The van der Waals surface area contributed by atoms with Crippen molar-refractivity contribution in [1.82, 2.24) is 15.2 Å². The summed E-state index contributed by atoms with van der Waals surface area (Å²) in [6, 6.07) is 35.3. The van der Waals surface area contributed by atoms with Crippen LogP contribution in [-0.2, 0) is 24.6 Å². The average molecular weight is 802 g/mol. The summed E-state index contributed by atoms with van der Waals surface area (Å²) in [7, 11) is 0. The molecule has 2 aliphatic heterocycles. The molecule has 59 heavy (non-hydrogen) atoms. The molecule has 0 unspecified atom stereocenters. The fraction of sp³-hybridized carbons (Fsp3) is 0.375. The minimum absolute atomic E-state index is 0.00351. The molecule has 1 amide bonds. The Morgan fingerprint density at radius 1 is 0.712 bits per heavy atom. The van der Waals surface area contributed by atoms with Crippen molar-refractivity contribution in [3.63, 3.8) is 0 Å². The van der Waals surface area contributed by atoms with Gasteiger partial charge in [0, 0.05) is 37.3 Å². The molecule has 0 atom stereocenters. The molecule has 1 saturated carbocycles. The smallest absolute Gasteiger partial charge is 0.407 e. The molecular formula is C48H53F2N5O4. The van der Waals surface area contributed by atoms with E-state index in [4.69, 9.17) is 14.2 Å². The summed E-state index contributed by atoms with van der Waals surface area (Å²) >= 11 is 0. The van der Waals surface area contributed by atoms with Gasteiger partial charge in [-0.1, -0.05) is 91.0 Å². The highest BCUT2D eigenvalue weighted by molar-refractivity contribution is 5.68. The Bertz CT molecular complexity index is 2120. The summed E-state index contributed by atoms with van der Waals surface area (Å²) in [5, 5.41) is 6.09. The van der Waals surface area contributed by atoms with Crippen LogP contribution < -0.4 is 25.0 Å². The van der Waals surface area contributed by atoms with Crippen molar-refractivity contribution in [3.8, 4) is 11.8 Å². The molecule has 5 aromatic rings. The van der Waals surface area contributed by atoms with Gasteiger partial charge >= 0.3 is 6.09 Å². The Balaban J connectivity index is 0.790. The number of amides is 1. The van der Waals surface area contributed by atoms with Crippen LogP contribution >= 0.6 is 0 Å². The highest BCUT2D eigenvalue weighted by Gasteiger charge is 2.46. The highest BCUT2D eigenvalue weighted by atomic mass is 19.1. The van der Waals surface area contributed by atoms with Crippen molar-refractivity contribution in [2.75, 3.05) is 42.9 Å². The van der Waals surface area contributed by atoms with Crippen molar-refractivity contribution < 1.29 is 27.8 Å². The zero-order valence-electron chi connectivity index (χ0n) is 33.5. The molecule has 1 spiro atoms. The van der Waals surface area contributed by atoms with Crippen LogP contribution in [0.15, 0.2) is 115 Å². The van der Waals surface area contributed by atoms with Gasteiger partial charge in [-0.15, -0.1) is 0 Å². The highest BCUT2D eigenvalue weighted by Crippen LogP contribution is 2.49. The van der Waals surface area contributed by atoms with Gasteiger partial charge in [0.15, 0.2) is 0 Å². The van der Waals surface area contributed by atoms with Crippen molar-refractivity contribution in [2.45, 2.75) is 70.8 Å². The zero-order valence-corrected chi connectivity index (χ0v) is 33.5. The predicted octanol–water partition coefficient (Wildman–Crippen LogP) is 10.0. The summed E-state index contributed by atoms with van der Waals surface area (Å²) in [5.74, 6) is 0.0962. The quantitative estimate of drug-likeness (QED) is 0.108. The second-order valence-corrected chi connectivity index (χ2v) is 16.3. The van der Waals surface area contributed by atoms with E-state index in [-0.39, 0.29) is 42.6 Å². The van der Waals surface area contributed by atoms with Crippen LogP contribution in [0.25, 0.3) is 0 Å². The predicted molar refractivity (Wildman–Crippen MR) is 226 cm³/mol. The first kappa shape index (κ1) is 40.1. The zero-order chi connectivity index (χ0) is 40.4. The van der Waals surface area contributed by atoms with Crippen LogP contribution in [0.1, 0.15) is 61.6 Å². The van der Waals surface area contributed by atoms with Gasteiger partial charge in [0.2, 0.25) is 11.8 Å². The standard InChI is InChI=1S/C48H53F2N5O4/c49-40-29-44(41(50)28-43(40)52-42-16-17-45(57-32-36-10-4-1-5-11-36)53-46(42)58-33-37-12-6-2-7-13-37)55-24-19-35(20-25-55)18-23-54-26-21-48(22-27-54)30-39(31-48)51-47(56)59-34-38-14-8-3-9-15-38/h1-17,28-29,35,39,52H,18-27,30-34H2,(H,51,56). The maximum atomic E-state index is 15.7. The number of ether oxygens (including phenoxy) is 3. The Kier molecular flexibility index (Phi) is 12.9.